The molecule has 0 aliphatic carbocycles. The Kier molecular flexibility index (Phi) is 7.03. The number of amides is 1. The van der Waals surface area contributed by atoms with Crippen molar-refractivity contribution in [1.82, 2.24) is 0 Å². The Morgan fingerprint density at radius 2 is 1.91 bits per heavy atom. The van der Waals surface area contributed by atoms with Gasteiger partial charge in [-0.2, -0.15) is 0 Å². The first-order chi connectivity index (χ1) is 10.9. The molecule has 0 bridgehead atoms. The molecule has 0 fully saturated rings. The molecule has 23 heavy (non-hydrogen) atoms. The van der Waals surface area contributed by atoms with E-state index in [4.69, 9.17) is 14.2 Å². The topological polar surface area (TPSA) is 73.9 Å². The van der Waals surface area contributed by atoms with Gasteiger partial charge in [-0.1, -0.05) is 13.3 Å². The van der Waals surface area contributed by atoms with Crippen LogP contribution in [0.2, 0.25) is 0 Å². The second kappa shape index (κ2) is 8.53. The number of benzene rings is 1. The fourth-order valence-electron chi connectivity index (χ4n) is 2.21. The van der Waals surface area contributed by atoms with Crippen molar-refractivity contribution in [2.75, 3.05) is 26.1 Å². The van der Waals surface area contributed by atoms with Crippen molar-refractivity contribution in [2.24, 2.45) is 0 Å². The molecular weight excluding hydrogens is 298 g/mol. The lowest BCUT2D eigenvalue weighted by atomic mass is 9.99. The van der Waals surface area contributed by atoms with E-state index in [0.717, 1.165) is 6.42 Å². The Labute approximate surface area is 137 Å². The monoisotopic (exact) mass is 323 g/mol. The maximum atomic E-state index is 12.4. The lowest BCUT2D eigenvalue weighted by Gasteiger charge is -2.26. The van der Waals surface area contributed by atoms with Crippen LogP contribution in [0.3, 0.4) is 0 Å². The van der Waals surface area contributed by atoms with Gasteiger partial charge in [0, 0.05) is 12.8 Å². The highest BCUT2D eigenvalue weighted by Gasteiger charge is 2.32. The van der Waals surface area contributed by atoms with Crippen LogP contribution in [0, 0.1) is 0 Å². The van der Waals surface area contributed by atoms with Crippen molar-refractivity contribution < 1.29 is 23.8 Å². The molecule has 1 aromatic rings. The minimum absolute atomic E-state index is 0.262. The van der Waals surface area contributed by atoms with E-state index in [1.54, 1.807) is 19.1 Å². The van der Waals surface area contributed by atoms with Gasteiger partial charge >= 0.3 is 5.97 Å². The SMILES string of the molecule is CCCC(C)(OC)C(=O)Nc1ccc(OCC)c(C(=O)OC)c1. The largest absolute Gasteiger partial charge is 0.493 e. The van der Waals surface area contributed by atoms with Crippen LogP contribution in [0.5, 0.6) is 5.75 Å². The summed E-state index contributed by atoms with van der Waals surface area (Å²) in [6.45, 7) is 5.97. The second-order valence-corrected chi connectivity index (χ2v) is 5.27. The Hall–Kier alpha value is -2.08. The number of carbonyl (C=O) groups is 2. The van der Waals surface area contributed by atoms with Crippen molar-refractivity contribution in [3.63, 3.8) is 0 Å². The fraction of sp³-hybridized carbons (Fsp3) is 0.529. The smallest absolute Gasteiger partial charge is 0.341 e. The van der Waals surface area contributed by atoms with E-state index in [9.17, 15) is 9.59 Å². The summed E-state index contributed by atoms with van der Waals surface area (Å²) in [7, 11) is 2.81. The number of anilines is 1. The molecule has 6 nitrogen and oxygen atoms in total. The zero-order valence-electron chi connectivity index (χ0n) is 14.4. The number of esters is 1. The minimum atomic E-state index is -0.918. The van der Waals surface area contributed by atoms with Gasteiger partial charge in [-0.15, -0.1) is 0 Å². The van der Waals surface area contributed by atoms with Gasteiger partial charge in [-0.05, 0) is 38.5 Å². The summed E-state index contributed by atoms with van der Waals surface area (Å²) < 4.78 is 15.5. The van der Waals surface area contributed by atoms with Crippen molar-refractivity contribution in [3.8, 4) is 5.75 Å². The van der Waals surface area contributed by atoms with Gasteiger partial charge in [0.15, 0.2) is 0 Å². The highest BCUT2D eigenvalue weighted by molar-refractivity contribution is 5.99. The van der Waals surface area contributed by atoms with Crippen LogP contribution in [0.1, 0.15) is 44.0 Å². The molecule has 0 heterocycles. The zero-order valence-corrected chi connectivity index (χ0v) is 14.4. The van der Waals surface area contributed by atoms with Crippen LogP contribution in [-0.4, -0.2) is 38.3 Å². The number of hydrogen-bond donors (Lipinski definition) is 1. The summed E-state index contributed by atoms with van der Waals surface area (Å²) in [5.41, 5.74) is -0.168. The highest BCUT2D eigenvalue weighted by Crippen LogP contribution is 2.25. The van der Waals surface area contributed by atoms with Crippen LogP contribution >= 0.6 is 0 Å². The summed E-state index contributed by atoms with van der Waals surface area (Å²) in [5, 5.41) is 2.78. The van der Waals surface area contributed by atoms with Gasteiger partial charge in [0.1, 0.15) is 16.9 Å². The maximum absolute atomic E-state index is 12.4. The van der Waals surface area contributed by atoms with Gasteiger partial charge in [0.2, 0.25) is 0 Å². The average Bonchev–Trinajstić information content (AvgIpc) is 2.55. The van der Waals surface area contributed by atoms with E-state index >= 15 is 0 Å². The van der Waals surface area contributed by atoms with Crippen LogP contribution < -0.4 is 10.1 Å². The molecule has 1 amide bonds. The summed E-state index contributed by atoms with van der Waals surface area (Å²) >= 11 is 0. The van der Waals surface area contributed by atoms with Gasteiger partial charge in [0.25, 0.3) is 5.91 Å². The molecule has 0 aromatic heterocycles. The molecule has 0 saturated heterocycles. The molecule has 1 aromatic carbocycles. The average molecular weight is 323 g/mol. The number of methoxy groups -OCH3 is 2. The normalized spacial score (nSPS) is 13.1. The Morgan fingerprint density at radius 3 is 2.43 bits per heavy atom. The van der Waals surface area contributed by atoms with Crippen molar-refractivity contribution in [3.05, 3.63) is 23.8 Å². The third kappa shape index (κ3) is 4.69. The quantitative estimate of drug-likeness (QED) is 0.744. The molecule has 6 heteroatoms. The molecule has 1 rings (SSSR count). The summed E-state index contributed by atoms with van der Waals surface area (Å²) in [6.07, 6.45) is 1.41. The molecule has 1 unspecified atom stereocenters. The van der Waals surface area contributed by atoms with Gasteiger partial charge < -0.3 is 19.5 Å². The molecule has 0 aliphatic heterocycles. The van der Waals surface area contributed by atoms with Crippen LogP contribution in [-0.2, 0) is 14.3 Å². The Morgan fingerprint density at radius 1 is 1.22 bits per heavy atom. The third-order valence-electron chi connectivity index (χ3n) is 3.60. The predicted octanol–water partition coefficient (Wildman–Crippen LogP) is 3.02. The highest BCUT2D eigenvalue weighted by atomic mass is 16.5. The van der Waals surface area contributed by atoms with Gasteiger partial charge in [-0.25, -0.2) is 4.79 Å². The van der Waals surface area contributed by atoms with Crippen molar-refractivity contribution in [2.45, 2.75) is 39.2 Å². The molecular formula is C17H25NO5. The maximum Gasteiger partial charge on any atom is 0.341 e. The first kappa shape index (κ1) is 19.0. The molecule has 128 valence electrons. The Bertz CT molecular complexity index is 558. The molecule has 0 radical (unpaired) electrons. The fourth-order valence-corrected chi connectivity index (χ4v) is 2.21. The first-order valence-corrected chi connectivity index (χ1v) is 7.63. The van der Waals surface area contributed by atoms with E-state index in [2.05, 4.69) is 5.32 Å². The van der Waals surface area contributed by atoms with Crippen LogP contribution in [0.4, 0.5) is 5.69 Å². The van der Waals surface area contributed by atoms with Gasteiger partial charge in [-0.3, -0.25) is 4.79 Å². The van der Waals surface area contributed by atoms with Gasteiger partial charge in [0.05, 0.1) is 13.7 Å². The van der Waals surface area contributed by atoms with Crippen LogP contribution in [0.15, 0.2) is 18.2 Å². The lowest BCUT2D eigenvalue weighted by molar-refractivity contribution is -0.136. The minimum Gasteiger partial charge on any atom is -0.493 e. The summed E-state index contributed by atoms with van der Waals surface area (Å²) in [4.78, 5) is 24.3. The van der Waals surface area contributed by atoms with Crippen molar-refractivity contribution >= 4 is 17.6 Å². The molecule has 1 N–H and O–H groups in total. The van der Waals surface area contributed by atoms with Crippen LogP contribution in [0.25, 0.3) is 0 Å². The number of hydrogen-bond acceptors (Lipinski definition) is 5. The van der Waals surface area contributed by atoms with Crippen molar-refractivity contribution in [1.29, 1.82) is 0 Å². The molecule has 0 spiro atoms. The summed E-state index contributed by atoms with van der Waals surface area (Å²) in [6, 6.07) is 4.85. The second-order valence-electron chi connectivity index (χ2n) is 5.27. The Balaban J connectivity index is 3.05. The molecule has 0 aliphatic rings. The molecule has 0 saturated carbocycles. The number of rotatable bonds is 8. The zero-order chi connectivity index (χ0) is 17.5. The van der Waals surface area contributed by atoms with E-state index in [1.807, 2.05) is 13.8 Å². The predicted molar refractivity (Wildman–Crippen MR) is 87.9 cm³/mol. The lowest BCUT2D eigenvalue weighted by Crippen LogP contribution is -2.41. The first-order valence-electron chi connectivity index (χ1n) is 7.63. The number of nitrogens with one attached hydrogen (secondary N) is 1. The number of carbonyl (C=O) groups excluding carboxylic acids is 2. The summed E-state index contributed by atoms with van der Waals surface area (Å²) in [5.74, 6) is -0.366. The van der Waals surface area contributed by atoms with E-state index in [0.29, 0.717) is 24.5 Å². The van der Waals surface area contributed by atoms with E-state index < -0.39 is 11.6 Å². The van der Waals surface area contributed by atoms with E-state index in [1.165, 1.54) is 20.3 Å². The third-order valence-corrected chi connectivity index (χ3v) is 3.60. The number of ether oxygens (including phenoxy) is 3. The molecule has 1 atom stereocenters. The standard InChI is InChI=1S/C17H25NO5/c1-6-10-17(3,22-5)16(20)18-12-8-9-14(23-7-2)13(11-12)15(19)21-4/h8-9,11H,6-7,10H2,1-5H3,(H,18,20). The van der Waals surface area contributed by atoms with E-state index in [-0.39, 0.29) is 11.5 Å².